The predicted molar refractivity (Wildman–Crippen MR) is 59.2 cm³/mol. The zero-order chi connectivity index (χ0) is 10.8. The van der Waals surface area contributed by atoms with Gasteiger partial charge in [0.2, 0.25) is 0 Å². The topological polar surface area (TPSA) is 44.5 Å². The lowest BCUT2D eigenvalue weighted by Gasteiger charge is -2.21. The molecule has 0 aliphatic carbocycles. The summed E-state index contributed by atoms with van der Waals surface area (Å²) in [6, 6.07) is 3.97. The molecular formula is C11H14ClNO2. The maximum atomic E-state index is 6.13. The largest absolute Gasteiger partial charge is 0.466 e. The summed E-state index contributed by atoms with van der Waals surface area (Å²) in [6.07, 6.45) is 0. The number of hydrogen-bond donors (Lipinski definition) is 1. The van der Waals surface area contributed by atoms with Crippen molar-refractivity contribution in [1.29, 1.82) is 0 Å². The smallest absolute Gasteiger partial charge is 0.189 e. The molecule has 0 spiro atoms. The Morgan fingerprint density at radius 3 is 3.07 bits per heavy atom. The third-order valence-electron chi connectivity index (χ3n) is 2.61. The van der Waals surface area contributed by atoms with Gasteiger partial charge in [0.25, 0.3) is 0 Å². The molecule has 1 atom stereocenters. The van der Waals surface area contributed by atoms with Crippen LogP contribution in [0.5, 0.6) is 5.75 Å². The second-order valence-corrected chi connectivity index (χ2v) is 4.15. The van der Waals surface area contributed by atoms with Crippen LogP contribution in [-0.4, -0.2) is 13.3 Å². The molecular weight excluding hydrogens is 214 g/mol. The molecule has 2 N–H and O–H groups in total. The molecule has 1 aromatic carbocycles. The molecule has 15 heavy (non-hydrogen) atoms. The summed E-state index contributed by atoms with van der Waals surface area (Å²) in [4.78, 5) is 0. The van der Waals surface area contributed by atoms with Crippen molar-refractivity contribution in [1.82, 2.24) is 0 Å². The van der Waals surface area contributed by atoms with Gasteiger partial charge in [-0.05, 0) is 30.2 Å². The SMILES string of the molecule is CC(CN)c1cc(Cl)c2c(c1)COCO2. The Hall–Kier alpha value is -0.770. The van der Waals surface area contributed by atoms with Gasteiger partial charge >= 0.3 is 0 Å². The number of rotatable bonds is 2. The van der Waals surface area contributed by atoms with Gasteiger partial charge in [0, 0.05) is 5.56 Å². The van der Waals surface area contributed by atoms with Crippen molar-refractivity contribution in [2.24, 2.45) is 5.73 Å². The summed E-state index contributed by atoms with van der Waals surface area (Å²) in [5.41, 5.74) is 7.76. The number of ether oxygens (including phenoxy) is 2. The molecule has 1 aliphatic heterocycles. The molecule has 1 heterocycles. The summed E-state index contributed by atoms with van der Waals surface area (Å²) in [5.74, 6) is 1.05. The summed E-state index contributed by atoms with van der Waals surface area (Å²) < 4.78 is 10.5. The summed E-state index contributed by atoms with van der Waals surface area (Å²) in [5, 5.41) is 0.645. The average molecular weight is 228 g/mol. The monoisotopic (exact) mass is 227 g/mol. The number of fused-ring (bicyclic) bond motifs is 1. The van der Waals surface area contributed by atoms with Gasteiger partial charge in [-0.25, -0.2) is 0 Å². The highest BCUT2D eigenvalue weighted by atomic mass is 35.5. The van der Waals surface area contributed by atoms with E-state index >= 15 is 0 Å². The molecule has 1 unspecified atom stereocenters. The Morgan fingerprint density at radius 1 is 1.53 bits per heavy atom. The van der Waals surface area contributed by atoms with Crippen LogP contribution >= 0.6 is 11.6 Å². The van der Waals surface area contributed by atoms with Gasteiger partial charge in [-0.3, -0.25) is 0 Å². The first-order valence-corrected chi connectivity index (χ1v) is 5.33. The molecule has 4 heteroatoms. The number of nitrogens with two attached hydrogens (primary N) is 1. The summed E-state index contributed by atoms with van der Waals surface area (Å²) >= 11 is 6.13. The zero-order valence-electron chi connectivity index (χ0n) is 8.63. The fraction of sp³-hybridized carbons (Fsp3) is 0.455. The maximum Gasteiger partial charge on any atom is 0.189 e. The van der Waals surface area contributed by atoms with E-state index in [1.165, 1.54) is 0 Å². The van der Waals surface area contributed by atoms with E-state index in [0.29, 0.717) is 24.1 Å². The third kappa shape index (κ3) is 2.09. The molecule has 0 bridgehead atoms. The lowest BCUT2D eigenvalue weighted by Crippen LogP contribution is -2.14. The molecule has 0 amide bonds. The van der Waals surface area contributed by atoms with E-state index < -0.39 is 0 Å². The minimum absolute atomic E-state index is 0.276. The first-order valence-electron chi connectivity index (χ1n) is 4.95. The second-order valence-electron chi connectivity index (χ2n) is 3.74. The van der Waals surface area contributed by atoms with E-state index in [0.717, 1.165) is 16.9 Å². The molecule has 2 rings (SSSR count). The maximum absolute atomic E-state index is 6.13. The Bertz CT molecular complexity index is 368. The lowest BCUT2D eigenvalue weighted by atomic mass is 9.98. The standard InChI is InChI=1S/C11H14ClNO2/c1-7(4-13)8-2-9-5-14-6-15-11(9)10(12)3-8/h2-3,7H,4-6,13H2,1H3. The predicted octanol–water partition coefficient (Wildman–Crippen LogP) is 2.27. The van der Waals surface area contributed by atoms with Crippen molar-refractivity contribution in [3.8, 4) is 5.75 Å². The molecule has 0 saturated heterocycles. The van der Waals surface area contributed by atoms with Gasteiger partial charge in [-0.2, -0.15) is 0 Å². The number of halogens is 1. The van der Waals surface area contributed by atoms with E-state index in [9.17, 15) is 0 Å². The number of hydrogen-bond acceptors (Lipinski definition) is 3. The van der Waals surface area contributed by atoms with Crippen LogP contribution in [0.15, 0.2) is 12.1 Å². The van der Waals surface area contributed by atoms with Crippen LogP contribution in [0.3, 0.4) is 0 Å². The highest BCUT2D eigenvalue weighted by Crippen LogP contribution is 2.35. The van der Waals surface area contributed by atoms with Crippen molar-refractivity contribution in [3.63, 3.8) is 0 Å². The fourth-order valence-electron chi connectivity index (χ4n) is 1.62. The number of benzene rings is 1. The Balaban J connectivity index is 2.40. The van der Waals surface area contributed by atoms with E-state index in [1.54, 1.807) is 0 Å². The first kappa shape index (κ1) is 10.7. The minimum atomic E-state index is 0.276. The van der Waals surface area contributed by atoms with E-state index in [1.807, 2.05) is 6.07 Å². The first-order chi connectivity index (χ1) is 7.22. The van der Waals surface area contributed by atoms with E-state index in [4.69, 9.17) is 26.8 Å². The third-order valence-corrected chi connectivity index (χ3v) is 2.89. The van der Waals surface area contributed by atoms with Crippen LogP contribution in [0.2, 0.25) is 5.02 Å². The average Bonchev–Trinajstić information content (AvgIpc) is 2.28. The summed E-state index contributed by atoms with van der Waals surface area (Å²) in [7, 11) is 0. The molecule has 3 nitrogen and oxygen atoms in total. The fourth-order valence-corrected chi connectivity index (χ4v) is 1.92. The zero-order valence-corrected chi connectivity index (χ0v) is 9.38. The van der Waals surface area contributed by atoms with Crippen molar-refractivity contribution in [2.45, 2.75) is 19.4 Å². The van der Waals surface area contributed by atoms with Gasteiger partial charge < -0.3 is 15.2 Å². The molecule has 0 radical (unpaired) electrons. The lowest BCUT2D eigenvalue weighted by molar-refractivity contribution is -0.0163. The Kier molecular flexibility index (Phi) is 3.14. The van der Waals surface area contributed by atoms with Crippen molar-refractivity contribution in [2.75, 3.05) is 13.3 Å². The van der Waals surface area contributed by atoms with E-state index in [2.05, 4.69) is 13.0 Å². The van der Waals surface area contributed by atoms with Crippen molar-refractivity contribution < 1.29 is 9.47 Å². The molecule has 0 fully saturated rings. The molecule has 0 aromatic heterocycles. The van der Waals surface area contributed by atoms with Gasteiger partial charge in [-0.1, -0.05) is 18.5 Å². The van der Waals surface area contributed by atoms with E-state index in [-0.39, 0.29) is 6.79 Å². The Labute approximate surface area is 94.1 Å². The van der Waals surface area contributed by atoms with Crippen LogP contribution < -0.4 is 10.5 Å². The molecule has 82 valence electrons. The van der Waals surface area contributed by atoms with Crippen molar-refractivity contribution in [3.05, 3.63) is 28.3 Å². The van der Waals surface area contributed by atoms with Crippen LogP contribution in [-0.2, 0) is 11.3 Å². The van der Waals surface area contributed by atoms with Crippen LogP contribution in [0.4, 0.5) is 0 Å². The highest BCUT2D eigenvalue weighted by Gasteiger charge is 2.17. The van der Waals surface area contributed by atoms with Gasteiger partial charge in [0.05, 0.1) is 11.6 Å². The molecule has 0 saturated carbocycles. The van der Waals surface area contributed by atoms with Gasteiger partial charge in [0.15, 0.2) is 6.79 Å². The second kappa shape index (κ2) is 4.39. The summed E-state index contributed by atoms with van der Waals surface area (Å²) in [6.45, 7) is 3.51. The highest BCUT2D eigenvalue weighted by molar-refractivity contribution is 6.32. The normalized spacial score (nSPS) is 16.7. The van der Waals surface area contributed by atoms with Crippen LogP contribution in [0, 0.1) is 0 Å². The Morgan fingerprint density at radius 2 is 2.33 bits per heavy atom. The molecule has 1 aliphatic rings. The van der Waals surface area contributed by atoms with Gasteiger partial charge in [-0.15, -0.1) is 0 Å². The molecule has 1 aromatic rings. The minimum Gasteiger partial charge on any atom is -0.466 e. The van der Waals surface area contributed by atoms with Crippen molar-refractivity contribution >= 4 is 11.6 Å². The van der Waals surface area contributed by atoms with Crippen LogP contribution in [0.25, 0.3) is 0 Å². The quantitative estimate of drug-likeness (QED) is 0.843. The van der Waals surface area contributed by atoms with Gasteiger partial charge in [0.1, 0.15) is 5.75 Å². The van der Waals surface area contributed by atoms with Crippen LogP contribution in [0.1, 0.15) is 24.0 Å².